The lowest BCUT2D eigenvalue weighted by atomic mass is 10.1. The van der Waals surface area contributed by atoms with Gasteiger partial charge in [-0.05, 0) is 64.2 Å². The number of hydrogen-bond acceptors (Lipinski definition) is 9. The summed E-state index contributed by atoms with van der Waals surface area (Å²) in [5.74, 6) is -0.962. The second kappa shape index (κ2) is 36.3. The van der Waals surface area contributed by atoms with Gasteiger partial charge in [-0.25, -0.2) is 4.57 Å². The predicted octanol–water partition coefficient (Wildman–Crippen LogP) is 9.78. The van der Waals surface area contributed by atoms with Crippen LogP contribution in [0.1, 0.15) is 155 Å². The van der Waals surface area contributed by atoms with E-state index in [4.69, 9.17) is 19.1 Å². The summed E-state index contributed by atoms with van der Waals surface area (Å²) in [6.07, 6.45) is 36.5. The van der Waals surface area contributed by atoms with Crippen molar-refractivity contribution in [1.29, 1.82) is 0 Å². The number of phosphoric acid groups is 1. The standard InChI is InChI=1S/C40H71O10P/c1-3-5-7-9-11-13-15-17-19-21-23-25-27-29-31-39(43)47-35-38(36-49-51(45,46)48-34-37(42)33-41)50-40(44)32-30-28-26-24-22-20-18-16-14-12-10-8-6-4-2/h9-12,15-18,37-38,41-42H,3-8,13-14,19-36H2,1-2H3,(H,45,46)/b11-9-,12-10-,17-15-,18-16-/t37-,38+/m0/s1. The molecule has 0 saturated heterocycles. The normalized spacial score (nSPS) is 14.5. The summed E-state index contributed by atoms with van der Waals surface area (Å²) in [4.78, 5) is 34.8. The molecule has 0 fully saturated rings. The van der Waals surface area contributed by atoms with Gasteiger partial charge >= 0.3 is 19.8 Å². The molecule has 0 aromatic rings. The molecule has 0 saturated carbocycles. The van der Waals surface area contributed by atoms with E-state index in [0.29, 0.717) is 12.8 Å². The van der Waals surface area contributed by atoms with Crippen molar-refractivity contribution in [1.82, 2.24) is 0 Å². The summed E-state index contributed by atoms with van der Waals surface area (Å²) >= 11 is 0. The minimum Gasteiger partial charge on any atom is -0.462 e. The lowest BCUT2D eigenvalue weighted by Gasteiger charge is -2.20. The van der Waals surface area contributed by atoms with Gasteiger partial charge in [-0.15, -0.1) is 0 Å². The van der Waals surface area contributed by atoms with Crippen LogP contribution in [0.4, 0.5) is 0 Å². The van der Waals surface area contributed by atoms with Crippen molar-refractivity contribution < 1.29 is 47.8 Å². The van der Waals surface area contributed by atoms with E-state index in [0.717, 1.165) is 89.9 Å². The first-order valence-electron chi connectivity index (χ1n) is 19.6. The number of phosphoric ester groups is 1. The van der Waals surface area contributed by atoms with Crippen molar-refractivity contribution in [3.05, 3.63) is 48.6 Å². The third-order valence-corrected chi connectivity index (χ3v) is 8.91. The average molecular weight is 743 g/mol. The van der Waals surface area contributed by atoms with Crippen LogP contribution in [-0.2, 0) is 32.7 Å². The van der Waals surface area contributed by atoms with E-state index >= 15 is 0 Å². The van der Waals surface area contributed by atoms with Crippen LogP contribution in [0.25, 0.3) is 0 Å². The molecule has 0 aliphatic rings. The predicted molar refractivity (Wildman–Crippen MR) is 205 cm³/mol. The molecule has 0 radical (unpaired) electrons. The Morgan fingerprint density at radius 1 is 0.588 bits per heavy atom. The highest BCUT2D eigenvalue weighted by Gasteiger charge is 2.27. The topological polar surface area (TPSA) is 149 Å². The van der Waals surface area contributed by atoms with E-state index in [2.05, 4.69) is 67.0 Å². The molecule has 0 aromatic heterocycles. The Balaban J connectivity index is 4.41. The lowest BCUT2D eigenvalue weighted by Crippen LogP contribution is -2.29. The summed E-state index contributed by atoms with van der Waals surface area (Å²) in [5.41, 5.74) is 0. The maximum Gasteiger partial charge on any atom is 0.472 e. The Bertz CT molecular complexity index is 994. The average Bonchev–Trinajstić information content (AvgIpc) is 3.12. The minimum atomic E-state index is -4.62. The van der Waals surface area contributed by atoms with Crippen LogP contribution < -0.4 is 0 Å². The first-order valence-corrected chi connectivity index (χ1v) is 21.1. The van der Waals surface area contributed by atoms with Crippen LogP contribution in [0.2, 0.25) is 0 Å². The number of allylic oxidation sites excluding steroid dienone is 8. The number of hydrogen-bond donors (Lipinski definition) is 3. The fourth-order valence-electron chi connectivity index (χ4n) is 4.85. The summed E-state index contributed by atoms with van der Waals surface area (Å²) in [6.45, 7) is 2.24. The third kappa shape index (κ3) is 36.1. The minimum absolute atomic E-state index is 0.163. The van der Waals surface area contributed by atoms with E-state index < -0.39 is 51.8 Å². The van der Waals surface area contributed by atoms with Crippen LogP contribution in [0.15, 0.2) is 48.6 Å². The molecule has 0 amide bonds. The molecule has 3 atom stereocenters. The van der Waals surface area contributed by atoms with E-state index in [1.807, 2.05) is 0 Å². The highest BCUT2D eigenvalue weighted by atomic mass is 31.2. The number of aliphatic hydroxyl groups is 2. The quantitative estimate of drug-likeness (QED) is 0.0245. The van der Waals surface area contributed by atoms with E-state index in [1.165, 1.54) is 25.7 Å². The van der Waals surface area contributed by atoms with Crippen molar-refractivity contribution in [3.8, 4) is 0 Å². The number of ether oxygens (including phenoxy) is 2. The summed E-state index contributed by atoms with van der Waals surface area (Å²) in [5, 5.41) is 18.3. The number of esters is 2. The van der Waals surface area contributed by atoms with E-state index in [-0.39, 0.29) is 19.4 Å². The second-order valence-corrected chi connectivity index (χ2v) is 14.4. The van der Waals surface area contributed by atoms with Crippen molar-refractivity contribution in [2.24, 2.45) is 0 Å². The van der Waals surface area contributed by atoms with Gasteiger partial charge in [0.15, 0.2) is 6.10 Å². The smallest absolute Gasteiger partial charge is 0.462 e. The molecule has 0 aromatic carbocycles. The Morgan fingerprint density at radius 2 is 1.02 bits per heavy atom. The molecule has 0 aliphatic carbocycles. The van der Waals surface area contributed by atoms with E-state index in [9.17, 15) is 24.2 Å². The Kier molecular flexibility index (Phi) is 34.8. The molecular formula is C40H71O10P. The molecule has 10 nitrogen and oxygen atoms in total. The van der Waals surface area contributed by atoms with Crippen LogP contribution in [-0.4, -0.2) is 65.7 Å². The highest BCUT2D eigenvalue weighted by molar-refractivity contribution is 7.47. The van der Waals surface area contributed by atoms with Crippen LogP contribution >= 0.6 is 7.82 Å². The van der Waals surface area contributed by atoms with Crippen LogP contribution in [0.5, 0.6) is 0 Å². The molecule has 0 heterocycles. The van der Waals surface area contributed by atoms with Gasteiger partial charge in [0.1, 0.15) is 12.7 Å². The number of carbonyl (C=O) groups is 2. The number of rotatable bonds is 36. The molecule has 11 heteroatoms. The van der Waals surface area contributed by atoms with Gasteiger partial charge in [0.25, 0.3) is 0 Å². The maximum atomic E-state index is 12.6. The first-order chi connectivity index (χ1) is 24.7. The molecule has 51 heavy (non-hydrogen) atoms. The maximum absolute atomic E-state index is 12.6. The lowest BCUT2D eigenvalue weighted by molar-refractivity contribution is -0.161. The summed E-state index contributed by atoms with van der Waals surface area (Å²) in [7, 11) is -4.62. The van der Waals surface area contributed by atoms with Crippen molar-refractivity contribution in [3.63, 3.8) is 0 Å². The molecule has 0 aliphatic heterocycles. The Hall–Kier alpha value is -2.07. The molecular weight excluding hydrogens is 671 g/mol. The van der Waals surface area contributed by atoms with Crippen LogP contribution in [0, 0.1) is 0 Å². The summed E-state index contributed by atoms with van der Waals surface area (Å²) < 4.78 is 32.6. The van der Waals surface area contributed by atoms with Gasteiger partial charge < -0.3 is 24.6 Å². The zero-order valence-electron chi connectivity index (χ0n) is 31.8. The zero-order chi connectivity index (χ0) is 37.7. The zero-order valence-corrected chi connectivity index (χ0v) is 32.7. The molecule has 0 bridgehead atoms. The van der Waals surface area contributed by atoms with Gasteiger partial charge in [0, 0.05) is 12.8 Å². The van der Waals surface area contributed by atoms with E-state index in [1.54, 1.807) is 0 Å². The van der Waals surface area contributed by atoms with Crippen molar-refractivity contribution in [2.45, 2.75) is 167 Å². The highest BCUT2D eigenvalue weighted by Crippen LogP contribution is 2.43. The SMILES string of the molecule is CCCC/C=C\C/C=C\CCCCCCCC(=O)OC[C@H](COP(=O)(O)OC[C@@H](O)CO)OC(=O)CCCCCCC/C=C\C/C=C\CCCC. The number of unbranched alkanes of at least 4 members (excludes halogenated alkanes) is 14. The molecule has 3 N–H and O–H groups in total. The Morgan fingerprint density at radius 3 is 1.51 bits per heavy atom. The second-order valence-electron chi connectivity index (χ2n) is 12.9. The summed E-state index contributed by atoms with van der Waals surface area (Å²) in [6, 6.07) is 0. The van der Waals surface area contributed by atoms with Crippen molar-refractivity contribution in [2.75, 3.05) is 26.4 Å². The molecule has 0 spiro atoms. The van der Waals surface area contributed by atoms with Gasteiger partial charge in [-0.2, -0.15) is 0 Å². The van der Waals surface area contributed by atoms with Gasteiger partial charge in [0.05, 0.1) is 19.8 Å². The number of carbonyl (C=O) groups excluding carboxylic acids is 2. The fraction of sp³-hybridized carbons (Fsp3) is 0.750. The monoisotopic (exact) mass is 742 g/mol. The van der Waals surface area contributed by atoms with Crippen molar-refractivity contribution >= 4 is 19.8 Å². The first kappa shape index (κ1) is 48.9. The van der Waals surface area contributed by atoms with Gasteiger partial charge in [0.2, 0.25) is 0 Å². The van der Waals surface area contributed by atoms with Crippen LogP contribution in [0.3, 0.4) is 0 Å². The van der Waals surface area contributed by atoms with Gasteiger partial charge in [-0.1, -0.05) is 127 Å². The fourth-order valence-corrected chi connectivity index (χ4v) is 5.64. The molecule has 296 valence electrons. The number of aliphatic hydroxyl groups excluding tert-OH is 2. The largest absolute Gasteiger partial charge is 0.472 e. The Labute approximate surface area is 309 Å². The third-order valence-electron chi connectivity index (χ3n) is 7.96. The molecule has 0 rings (SSSR count). The molecule has 1 unspecified atom stereocenters. The van der Waals surface area contributed by atoms with Gasteiger partial charge in [-0.3, -0.25) is 18.6 Å².